The summed E-state index contributed by atoms with van der Waals surface area (Å²) in [6.07, 6.45) is 1.87. The molecule has 1 unspecified atom stereocenters. The number of hydrogen-bond acceptors (Lipinski definition) is 5. The van der Waals surface area contributed by atoms with Crippen LogP contribution in [-0.4, -0.2) is 37.9 Å². The van der Waals surface area contributed by atoms with Crippen LogP contribution < -0.4 is 16.4 Å². The number of fused-ring (bicyclic) bond motifs is 2. The summed E-state index contributed by atoms with van der Waals surface area (Å²) in [5.41, 5.74) is 1.22. The van der Waals surface area contributed by atoms with E-state index in [4.69, 9.17) is 0 Å². The smallest absolute Gasteiger partial charge is 0.270 e. The minimum atomic E-state index is -0.514. The Morgan fingerprint density at radius 3 is 2.66 bits per heavy atom. The van der Waals surface area contributed by atoms with Gasteiger partial charge < -0.3 is 10.3 Å². The van der Waals surface area contributed by atoms with E-state index in [9.17, 15) is 14.4 Å². The average molecular weight is 429 g/mol. The minimum Gasteiger partial charge on any atom is -0.322 e. The van der Waals surface area contributed by atoms with Crippen molar-refractivity contribution < 1.29 is 4.79 Å². The number of amides is 1. The Morgan fingerprint density at radius 1 is 1.03 bits per heavy atom. The Hall–Kier alpha value is -2.39. The van der Waals surface area contributed by atoms with Crippen molar-refractivity contribution in [3.05, 3.63) is 62.2 Å². The third-order valence-corrected chi connectivity index (χ3v) is 7.78. The lowest BCUT2D eigenvalue weighted by Gasteiger charge is -2.24. The van der Waals surface area contributed by atoms with Crippen molar-refractivity contribution in [2.24, 2.45) is 0 Å². The molecule has 1 amide bonds. The molecule has 9 heteroatoms. The largest absolute Gasteiger partial charge is 0.322 e. The van der Waals surface area contributed by atoms with E-state index in [0.717, 1.165) is 35.3 Å². The molecular weight excluding hydrogens is 408 g/mol. The zero-order valence-corrected chi connectivity index (χ0v) is 17.2. The van der Waals surface area contributed by atoms with Crippen LogP contribution in [0.25, 0.3) is 10.9 Å². The van der Waals surface area contributed by atoms with Gasteiger partial charge in [0.25, 0.3) is 11.1 Å². The van der Waals surface area contributed by atoms with Gasteiger partial charge in [-0.1, -0.05) is 18.2 Å². The van der Waals surface area contributed by atoms with Gasteiger partial charge >= 0.3 is 0 Å². The number of nitrogens with one attached hydrogen (secondary N) is 3. The zero-order chi connectivity index (χ0) is 20.0. The fourth-order valence-corrected chi connectivity index (χ4v) is 6.28. The second-order valence-electron chi connectivity index (χ2n) is 7.30. The number of H-pyrrole nitrogens is 2. The standard InChI is InChI=1S/C20H20N4O3S2/c25-15-10-29-17(13-9-11-3-1-2-4-14(11)21-19(13)26)16-18(22-15)24(23-20(16)27)12-5-7-28-8-6-12/h1-4,9,12,17H,5-8,10H2,(H,21,26)(H,22,25)(H,23,27). The fraction of sp³-hybridized carbons (Fsp3) is 0.350. The summed E-state index contributed by atoms with van der Waals surface area (Å²) in [7, 11) is 0. The average Bonchev–Trinajstić information content (AvgIpc) is 2.94. The highest BCUT2D eigenvalue weighted by atomic mass is 32.2. The Labute approximate surface area is 174 Å². The van der Waals surface area contributed by atoms with Gasteiger partial charge in [-0.05, 0) is 41.9 Å². The number of nitrogens with zero attached hydrogens (tertiary/aromatic N) is 1. The Balaban J connectivity index is 1.68. The van der Waals surface area contributed by atoms with Crippen LogP contribution in [0.3, 0.4) is 0 Å². The highest BCUT2D eigenvalue weighted by Gasteiger charge is 2.33. The van der Waals surface area contributed by atoms with E-state index in [1.807, 2.05) is 46.8 Å². The van der Waals surface area contributed by atoms with Crippen LogP contribution in [-0.2, 0) is 4.79 Å². The first-order valence-electron chi connectivity index (χ1n) is 9.57. The van der Waals surface area contributed by atoms with Gasteiger partial charge in [0.05, 0.1) is 22.6 Å². The van der Waals surface area contributed by atoms with E-state index in [2.05, 4.69) is 15.4 Å². The molecule has 5 rings (SSSR count). The van der Waals surface area contributed by atoms with Gasteiger partial charge in [0, 0.05) is 11.1 Å². The molecule has 4 heterocycles. The van der Waals surface area contributed by atoms with Crippen LogP contribution >= 0.6 is 23.5 Å². The van der Waals surface area contributed by atoms with E-state index in [0.29, 0.717) is 16.9 Å². The maximum atomic E-state index is 13.0. The fourth-order valence-electron chi connectivity index (χ4n) is 4.07. The van der Waals surface area contributed by atoms with Gasteiger partial charge in [-0.15, -0.1) is 11.8 Å². The Morgan fingerprint density at radius 2 is 1.83 bits per heavy atom. The molecule has 2 aliphatic rings. The number of hydrogen-bond donors (Lipinski definition) is 3. The molecule has 7 nitrogen and oxygen atoms in total. The monoisotopic (exact) mass is 428 g/mol. The number of thioether (sulfide) groups is 2. The van der Waals surface area contributed by atoms with Gasteiger partial charge in [0.1, 0.15) is 5.82 Å². The first-order valence-corrected chi connectivity index (χ1v) is 11.8. The Bertz CT molecular complexity index is 1210. The van der Waals surface area contributed by atoms with E-state index >= 15 is 0 Å². The van der Waals surface area contributed by atoms with Crippen LogP contribution in [0.15, 0.2) is 39.9 Å². The number of anilines is 1. The molecule has 1 saturated heterocycles. The van der Waals surface area contributed by atoms with Gasteiger partial charge in [0.15, 0.2) is 0 Å². The normalized spacial score (nSPS) is 20.3. The summed E-state index contributed by atoms with van der Waals surface area (Å²) < 4.78 is 1.82. The van der Waals surface area contributed by atoms with Gasteiger partial charge in [0.2, 0.25) is 5.91 Å². The van der Waals surface area contributed by atoms with E-state index in [1.165, 1.54) is 11.8 Å². The van der Waals surface area contributed by atoms with Crippen molar-refractivity contribution in [2.75, 3.05) is 22.6 Å². The summed E-state index contributed by atoms with van der Waals surface area (Å²) in [4.78, 5) is 41.2. The number of para-hydroxylation sites is 1. The van der Waals surface area contributed by atoms with E-state index in [1.54, 1.807) is 0 Å². The third kappa shape index (κ3) is 3.32. The van der Waals surface area contributed by atoms with Crippen molar-refractivity contribution >= 4 is 46.2 Å². The first kappa shape index (κ1) is 18.6. The molecule has 2 aromatic heterocycles. The number of benzene rings is 1. The van der Waals surface area contributed by atoms with Gasteiger partial charge in [-0.2, -0.15) is 11.8 Å². The third-order valence-electron chi connectivity index (χ3n) is 5.48. The molecule has 150 valence electrons. The SMILES string of the molecule is O=C1CSC(c2cc3ccccc3[nH]c2=O)c2c(n(C3CCSCC3)[nH]c2=O)N1. The number of aromatic nitrogens is 3. The molecule has 1 atom stereocenters. The Kier molecular flexibility index (Phi) is 4.79. The number of rotatable bonds is 2. The molecule has 3 N–H and O–H groups in total. The maximum Gasteiger partial charge on any atom is 0.270 e. The lowest BCUT2D eigenvalue weighted by molar-refractivity contribution is -0.113. The molecule has 29 heavy (non-hydrogen) atoms. The number of aromatic amines is 2. The molecule has 0 saturated carbocycles. The van der Waals surface area contributed by atoms with Gasteiger partial charge in [-0.3, -0.25) is 24.2 Å². The van der Waals surface area contributed by atoms with Crippen molar-refractivity contribution in [3.63, 3.8) is 0 Å². The van der Waals surface area contributed by atoms with Crippen LogP contribution in [0.2, 0.25) is 0 Å². The van der Waals surface area contributed by atoms with Crippen LogP contribution in [0, 0.1) is 0 Å². The predicted molar refractivity (Wildman–Crippen MR) is 118 cm³/mol. The molecule has 2 aliphatic heterocycles. The quantitative estimate of drug-likeness (QED) is 0.583. The van der Waals surface area contributed by atoms with E-state index < -0.39 is 5.25 Å². The van der Waals surface area contributed by atoms with E-state index in [-0.39, 0.29) is 28.8 Å². The summed E-state index contributed by atoms with van der Waals surface area (Å²) in [6.45, 7) is 0. The maximum absolute atomic E-state index is 13.0. The molecule has 3 aromatic rings. The molecule has 0 bridgehead atoms. The molecular formula is C20H20N4O3S2. The topological polar surface area (TPSA) is 99.8 Å². The van der Waals surface area contributed by atoms with Crippen molar-refractivity contribution in [1.29, 1.82) is 0 Å². The molecule has 0 aliphatic carbocycles. The second kappa shape index (κ2) is 7.46. The van der Waals surface area contributed by atoms with Crippen LogP contribution in [0.5, 0.6) is 0 Å². The molecule has 0 spiro atoms. The number of carbonyl (C=O) groups excluding carboxylic acids is 1. The van der Waals surface area contributed by atoms with Crippen molar-refractivity contribution in [1.82, 2.24) is 14.8 Å². The molecule has 0 radical (unpaired) electrons. The summed E-state index contributed by atoms with van der Waals surface area (Å²) in [6, 6.07) is 9.53. The summed E-state index contributed by atoms with van der Waals surface area (Å²) in [5.74, 6) is 2.59. The predicted octanol–water partition coefficient (Wildman–Crippen LogP) is 2.86. The van der Waals surface area contributed by atoms with Gasteiger partial charge in [-0.25, -0.2) is 0 Å². The lowest BCUT2D eigenvalue weighted by Crippen LogP contribution is -2.22. The van der Waals surface area contributed by atoms with Crippen LogP contribution in [0.1, 0.15) is 35.3 Å². The lowest BCUT2D eigenvalue weighted by atomic mass is 10.0. The minimum absolute atomic E-state index is 0.145. The van der Waals surface area contributed by atoms with Crippen molar-refractivity contribution in [2.45, 2.75) is 24.1 Å². The number of pyridine rings is 1. The number of carbonyl (C=O) groups is 1. The van der Waals surface area contributed by atoms with Crippen molar-refractivity contribution in [3.8, 4) is 0 Å². The summed E-state index contributed by atoms with van der Waals surface area (Å²) in [5, 5.41) is 6.24. The molecule has 1 fully saturated rings. The first-order chi connectivity index (χ1) is 14.1. The highest BCUT2D eigenvalue weighted by Crippen LogP contribution is 2.40. The van der Waals surface area contributed by atoms with Crippen LogP contribution in [0.4, 0.5) is 5.82 Å². The second-order valence-corrected chi connectivity index (χ2v) is 9.62. The highest BCUT2D eigenvalue weighted by molar-refractivity contribution is 8.00. The zero-order valence-electron chi connectivity index (χ0n) is 15.6. The molecule has 1 aromatic carbocycles. The summed E-state index contributed by atoms with van der Waals surface area (Å²) >= 11 is 3.22.